The van der Waals surface area contributed by atoms with Crippen LogP contribution in [0.15, 0.2) is 10.9 Å². The molecule has 0 radical (unpaired) electrons. The molecule has 1 aliphatic rings. The molecule has 116 valence electrons. The Bertz CT molecular complexity index is 575. The zero-order valence-corrected chi connectivity index (χ0v) is 13.4. The van der Waals surface area contributed by atoms with Gasteiger partial charge in [0.2, 0.25) is 0 Å². The molecular weight excluding hydrogens is 266 g/mol. The van der Waals surface area contributed by atoms with Crippen molar-refractivity contribution in [2.75, 3.05) is 26.2 Å². The van der Waals surface area contributed by atoms with Crippen LogP contribution in [-0.2, 0) is 0 Å². The van der Waals surface area contributed by atoms with Crippen LogP contribution in [0.4, 0.5) is 0 Å². The Labute approximate surface area is 126 Å². The van der Waals surface area contributed by atoms with Gasteiger partial charge in [-0.25, -0.2) is 0 Å². The van der Waals surface area contributed by atoms with Crippen LogP contribution >= 0.6 is 0 Å². The van der Waals surface area contributed by atoms with Gasteiger partial charge < -0.3 is 9.88 Å². The summed E-state index contributed by atoms with van der Waals surface area (Å²) in [5, 5.41) is 0. The predicted octanol–water partition coefficient (Wildman–Crippen LogP) is 1.55. The molecule has 2 heterocycles. The number of likely N-dealkylation sites (N-methyl/N-ethyl adjacent to an activating group) is 1. The lowest BCUT2D eigenvalue weighted by Gasteiger charge is -2.26. The molecule has 0 spiro atoms. The Morgan fingerprint density at radius 1 is 1.38 bits per heavy atom. The molecule has 1 N–H and O–H groups in total. The number of aryl methyl sites for hydroxylation is 2. The summed E-state index contributed by atoms with van der Waals surface area (Å²) in [6.45, 7) is 11.3. The quantitative estimate of drug-likeness (QED) is 0.915. The normalized spacial score (nSPS) is 18.5. The second kappa shape index (κ2) is 6.43. The number of hydrogen-bond donors (Lipinski definition) is 1. The summed E-state index contributed by atoms with van der Waals surface area (Å²) in [5.74, 6) is -0.136. The number of H-pyrrole nitrogens is 1. The summed E-state index contributed by atoms with van der Waals surface area (Å²) in [5.41, 5.74) is 1.56. The number of likely N-dealkylation sites (tertiary alicyclic amines) is 1. The van der Waals surface area contributed by atoms with E-state index in [1.165, 1.54) is 6.07 Å². The van der Waals surface area contributed by atoms with Crippen LogP contribution in [0.3, 0.4) is 0 Å². The molecule has 0 aliphatic carbocycles. The molecule has 1 unspecified atom stereocenters. The van der Waals surface area contributed by atoms with Crippen LogP contribution < -0.4 is 5.43 Å². The SMILES string of the molecule is CCN(CC)C1CCN(C(=O)c2c(C)[nH]c(C)cc2=O)C1. The van der Waals surface area contributed by atoms with Crippen LogP contribution in [0.25, 0.3) is 0 Å². The van der Waals surface area contributed by atoms with Gasteiger partial charge in [0.1, 0.15) is 5.56 Å². The second-order valence-electron chi connectivity index (χ2n) is 5.73. The lowest BCUT2D eigenvalue weighted by molar-refractivity contribution is 0.0775. The lowest BCUT2D eigenvalue weighted by atomic mass is 10.1. The van der Waals surface area contributed by atoms with Crippen molar-refractivity contribution in [2.24, 2.45) is 0 Å². The maximum atomic E-state index is 12.6. The van der Waals surface area contributed by atoms with Gasteiger partial charge >= 0.3 is 0 Å². The van der Waals surface area contributed by atoms with Crippen molar-refractivity contribution >= 4 is 5.91 Å². The highest BCUT2D eigenvalue weighted by molar-refractivity contribution is 5.95. The number of aromatic amines is 1. The Kier molecular flexibility index (Phi) is 4.83. The van der Waals surface area contributed by atoms with Gasteiger partial charge in [0.25, 0.3) is 5.91 Å². The molecular formula is C16H25N3O2. The maximum Gasteiger partial charge on any atom is 0.259 e. The molecule has 0 bridgehead atoms. The monoisotopic (exact) mass is 291 g/mol. The molecule has 1 saturated heterocycles. The zero-order valence-electron chi connectivity index (χ0n) is 13.4. The van der Waals surface area contributed by atoms with Crippen molar-refractivity contribution < 1.29 is 4.79 Å². The molecule has 1 fully saturated rings. The van der Waals surface area contributed by atoms with E-state index in [-0.39, 0.29) is 11.3 Å². The lowest BCUT2D eigenvalue weighted by Crippen LogP contribution is -2.39. The van der Waals surface area contributed by atoms with Crippen LogP contribution in [0.2, 0.25) is 0 Å². The minimum Gasteiger partial charge on any atom is -0.362 e. The molecule has 0 saturated carbocycles. The molecule has 2 rings (SSSR count). The first kappa shape index (κ1) is 15.8. The van der Waals surface area contributed by atoms with Crippen LogP contribution in [0.5, 0.6) is 0 Å². The van der Waals surface area contributed by atoms with Gasteiger partial charge in [0.15, 0.2) is 5.43 Å². The number of pyridine rings is 1. The van der Waals surface area contributed by atoms with Crippen LogP contribution in [-0.4, -0.2) is 52.9 Å². The van der Waals surface area contributed by atoms with Crippen molar-refractivity contribution in [3.05, 3.63) is 33.2 Å². The van der Waals surface area contributed by atoms with E-state index in [1.54, 1.807) is 6.92 Å². The van der Waals surface area contributed by atoms with Gasteiger partial charge in [-0.15, -0.1) is 0 Å². The highest BCUT2D eigenvalue weighted by atomic mass is 16.2. The fraction of sp³-hybridized carbons (Fsp3) is 0.625. The maximum absolute atomic E-state index is 12.6. The summed E-state index contributed by atoms with van der Waals surface area (Å²) < 4.78 is 0. The van der Waals surface area contributed by atoms with E-state index in [1.807, 2.05) is 11.8 Å². The van der Waals surface area contributed by atoms with Gasteiger partial charge in [0.05, 0.1) is 0 Å². The minimum absolute atomic E-state index is 0.136. The molecule has 1 amide bonds. The molecule has 1 aromatic rings. The van der Waals surface area contributed by atoms with Crippen molar-refractivity contribution in [1.82, 2.24) is 14.8 Å². The van der Waals surface area contributed by atoms with Gasteiger partial charge in [-0.05, 0) is 33.4 Å². The first-order valence-electron chi connectivity index (χ1n) is 7.71. The molecule has 5 heteroatoms. The smallest absolute Gasteiger partial charge is 0.259 e. The molecule has 1 aromatic heterocycles. The number of carbonyl (C=O) groups is 1. The average Bonchev–Trinajstić information content (AvgIpc) is 2.88. The number of nitrogens with zero attached hydrogens (tertiary/aromatic N) is 2. The van der Waals surface area contributed by atoms with E-state index in [4.69, 9.17) is 0 Å². The van der Waals surface area contributed by atoms with E-state index in [2.05, 4.69) is 23.7 Å². The van der Waals surface area contributed by atoms with Crippen molar-refractivity contribution in [3.63, 3.8) is 0 Å². The van der Waals surface area contributed by atoms with Crippen molar-refractivity contribution in [2.45, 2.75) is 40.2 Å². The standard InChI is InChI=1S/C16H25N3O2/c1-5-18(6-2)13-7-8-19(10-13)16(21)15-12(4)17-11(3)9-14(15)20/h9,13H,5-8,10H2,1-4H3,(H,17,20). The summed E-state index contributed by atoms with van der Waals surface area (Å²) in [6.07, 6.45) is 0.982. The Morgan fingerprint density at radius 3 is 2.62 bits per heavy atom. The summed E-state index contributed by atoms with van der Waals surface area (Å²) in [7, 11) is 0. The van der Waals surface area contributed by atoms with E-state index >= 15 is 0 Å². The van der Waals surface area contributed by atoms with E-state index in [9.17, 15) is 9.59 Å². The zero-order chi connectivity index (χ0) is 15.6. The number of aromatic nitrogens is 1. The molecule has 1 aliphatic heterocycles. The molecule has 5 nitrogen and oxygen atoms in total. The van der Waals surface area contributed by atoms with Crippen molar-refractivity contribution in [3.8, 4) is 0 Å². The first-order chi connectivity index (χ1) is 9.97. The minimum atomic E-state index is -0.181. The molecule has 21 heavy (non-hydrogen) atoms. The number of hydrogen-bond acceptors (Lipinski definition) is 3. The van der Waals surface area contributed by atoms with Gasteiger partial charge in [-0.3, -0.25) is 14.5 Å². The topological polar surface area (TPSA) is 56.4 Å². The summed E-state index contributed by atoms with van der Waals surface area (Å²) in [6, 6.07) is 1.91. The predicted molar refractivity (Wildman–Crippen MR) is 83.8 cm³/mol. The Morgan fingerprint density at radius 2 is 2.05 bits per heavy atom. The van der Waals surface area contributed by atoms with Gasteiger partial charge in [0, 0.05) is 36.6 Å². The largest absolute Gasteiger partial charge is 0.362 e. The first-order valence-corrected chi connectivity index (χ1v) is 7.71. The van der Waals surface area contributed by atoms with Crippen LogP contribution in [0.1, 0.15) is 42.0 Å². The van der Waals surface area contributed by atoms with Gasteiger partial charge in [-0.1, -0.05) is 13.8 Å². The number of carbonyl (C=O) groups excluding carboxylic acids is 1. The number of amides is 1. The van der Waals surface area contributed by atoms with E-state index in [0.29, 0.717) is 23.8 Å². The number of rotatable bonds is 4. The van der Waals surface area contributed by atoms with E-state index in [0.717, 1.165) is 31.7 Å². The Hall–Kier alpha value is -1.62. The average molecular weight is 291 g/mol. The third kappa shape index (κ3) is 3.18. The van der Waals surface area contributed by atoms with Crippen molar-refractivity contribution in [1.29, 1.82) is 0 Å². The highest BCUT2D eigenvalue weighted by Crippen LogP contribution is 2.18. The Balaban J connectivity index is 2.18. The summed E-state index contributed by atoms with van der Waals surface area (Å²) >= 11 is 0. The third-order valence-electron chi connectivity index (χ3n) is 4.35. The third-order valence-corrected chi connectivity index (χ3v) is 4.35. The van der Waals surface area contributed by atoms with Crippen LogP contribution in [0, 0.1) is 13.8 Å². The van der Waals surface area contributed by atoms with E-state index < -0.39 is 0 Å². The fourth-order valence-electron chi connectivity index (χ4n) is 3.24. The summed E-state index contributed by atoms with van der Waals surface area (Å²) in [4.78, 5) is 32.0. The molecule has 0 aromatic carbocycles. The van der Waals surface area contributed by atoms with Gasteiger partial charge in [-0.2, -0.15) is 0 Å². The highest BCUT2D eigenvalue weighted by Gasteiger charge is 2.31. The second-order valence-corrected chi connectivity index (χ2v) is 5.73. The molecule has 1 atom stereocenters. The number of nitrogens with one attached hydrogen (secondary N) is 1. The fourth-order valence-corrected chi connectivity index (χ4v) is 3.24.